The maximum absolute atomic E-state index is 11.1. The van der Waals surface area contributed by atoms with Gasteiger partial charge in [0.05, 0.1) is 17.2 Å². The molecule has 1 aromatic heterocycles. The molecule has 0 aliphatic heterocycles. The molecule has 1 aromatic rings. The maximum Gasteiger partial charge on any atom is 0.186 e. The molecule has 5 heteroatoms. The molecule has 2 saturated carbocycles. The van der Waals surface area contributed by atoms with Gasteiger partial charge >= 0.3 is 0 Å². The molecule has 2 bridgehead atoms. The first-order valence-electron chi connectivity index (χ1n) is 7.36. The molecule has 4 nitrogen and oxygen atoms in total. The summed E-state index contributed by atoms with van der Waals surface area (Å²) in [4.78, 5) is 18.6. The molecule has 2 aliphatic carbocycles. The molecule has 0 radical (unpaired) electrons. The van der Waals surface area contributed by atoms with E-state index in [1.807, 2.05) is 0 Å². The lowest BCUT2D eigenvalue weighted by atomic mass is 9.88. The molecule has 2 aliphatic rings. The van der Waals surface area contributed by atoms with Gasteiger partial charge in [0.2, 0.25) is 0 Å². The predicted molar refractivity (Wildman–Crippen MR) is 80.4 cm³/mol. The molecular weight excluding hydrogens is 272 g/mol. The highest BCUT2D eigenvalue weighted by Gasteiger charge is 2.39. The zero-order valence-electron chi connectivity index (χ0n) is 12.2. The van der Waals surface area contributed by atoms with Crippen molar-refractivity contribution >= 4 is 22.8 Å². The quantitative estimate of drug-likeness (QED) is 0.757. The van der Waals surface area contributed by atoms with Crippen LogP contribution in [0.2, 0.25) is 0 Å². The fourth-order valence-corrected chi connectivity index (χ4v) is 4.73. The Morgan fingerprint density at radius 2 is 2.30 bits per heavy atom. The highest BCUT2D eigenvalue weighted by molar-refractivity contribution is 7.17. The zero-order valence-corrected chi connectivity index (χ0v) is 13.0. The molecule has 0 spiro atoms. The van der Waals surface area contributed by atoms with Crippen molar-refractivity contribution in [3.8, 4) is 0 Å². The first-order chi connectivity index (χ1) is 9.71. The summed E-state index contributed by atoms with van der Waals surface area (Å²) in [5.74, 6) is 2.71. The first kappa shape index (κ1) is 14.0. The van der Waals surface area contributed by atoms with E-state index in [1.165, 1.54) is 37.0 Å². The maximum atomic E-state index is 11.1. The van der Waals surface area contributed by atoms with Crippen molar-refractivity contribution in [3.05, 3.63) is 10.6 Å². The molecule has 0 amide bonds. The average Bonchev–Trinajstić information content (AvgIpc) is 3.13. The molecule has 0 saturated heterocycles. The largest absolute Gasteiger partial charge is 0.378 e. The van der Waals surface area contributed by atoms with Crippen LogP contribution < -0.4 is 4.90 Å². The van der Waals surface area contributed by atoms with E-state index in [2.05, 4.69) is 16.9 Å². The summed E-state index contributed by atoms with van der Waals surface area (Å²) >= 11 is 1.48. The Kier molecular flexibility index (Phi) is 4.08. The lowest BCUT2D eigenvalue weighted by Crippen LogP contribution is -2.28. The van der Waals surface area contributed by atoms with E-state index >= 15 is 0 Å². The molecule has 20 heavy (non-hydrogen) atoms. The van der Waals surface area contributed by atoms with Gasteiger partial charge in [-0.25, -0.2) is 4.98 Å². The number of fused-ring (bicyclic) bond motifs is 2. The van der Waals surface area contributed by atoms with Crippen LogP contribution in [0.4, 0.5) is 5.13 Å². The summed E-state index contributed by atoms with van der Waals surface area (Å²) in [7, 11) is 3.72. The summed E-state index contributed by atoms with van der Waals surface area (Å²) in [6.07, 6.45) is 6.56. The number of ether oxygens (including phenoxy) is 1. The van der Waals surface area contributed by atoms with Crippen molar-refractivity contribution in [2.24, 2.45) is 17.8 Å². The van der Waals surface area contributed by atoms with E-state index in [9.17, 15) is 4.79 Å². The number of thiazole rings is 1. The Morgan fingerprint density at radius 1 is 1.45 bits per heavy atom. The lowest BCUT2D eigenvalue weighted by molar-refractivity contribution is 0.112. The molecule has 2 fully saturated rings. The number of carbonyl (C=O) groups excluding carboxylic acids is 1. The summed E-state index contributed by atoms with van der Waals surface area (Å²) in [6.45, 7) is 1.48. The van der Waals surface area contributed by atoms with Crippen LogP contribution in [0.5, 0.6) is 0 Å². The molecule has 0 N–H and O–H groups in total. The van der Waals surface area contributed by atoms with Gasteiger partial charge in [-0.15, -0.1) is 0 Å². The monoisotopic (exact) mass is 294 g/mol. The normalized spacial score (nSPS) is 28.0. The SMILES string of the molecule is COCc1nc(N(C)CC2CC3CCC2C3)sc1C=O. The second-order valence-electron chi connectivity index (χ2n) is 6.17. The molecule has 1 heterocycles. The van der Waals surface area contributed by atoms with E-state index in [-0.39, 0.29) is 0 Å². The van der Waals surface area contributed by atoms with Crippen LogP contribution in [0.3, 0.4) is 0 Å². The second-order valence-corrected chi connectivity index (χ2v) is 7.18. The van der Waals surface area contributed by atoms with Crippen molar-refractivity contribution in [2.45, 2.75) is 32.3 Å². The number of anilines is 1. The Labute approximate surface area is 124 Å². The van der Waals surface area contributed by atoms with Crippen molar-refractivity contribution < 1.29 is 9.53 Å². The fraction of sp³-hybridized carbons (Fsp3) is 0.733. The Morgan fingerprint density at radius 3 is 2.90 bits per heavy atom. The van der Waals surface area contributed by atoms with Gasteiger partial charge < -0.3 is 9.64 Å². The number of aldehydes is 1. The highest BCUT2D eigenvalue weighted by Crippen LogP contribution is 2.48. The van der Waals surface area contributed by atoms with Gasteiger partial charge in [0, 0.05) is 20.7 Å². The number of hydrogen-bond donors (Lipinski definition) is 0. The molecule has 3 unspecified atom stereocenters. The van der Waals surface area contributed by atoms with E-state index in [0.29, 0.717) is 11.5 Å². The molecule has 110 valence electrons. The van der Waals surface area contributed by atoms with Gasteiger partial charge in [0.15, 0.2) is 11.4 Å². The average molecular weight is 294 g/mol. The van der Waals surface area contributed by atoms with Gasteiger partial charge in [-0.1, -0.05) is 17.8 Å². The molecular formula is C15H22N2O2S. The number of hydrogen-bond acceptors (Lipinski definition) is 5. The van der Waals surface area contributed by atoms with Crippen LogP contribution in [0.1, 0.15) is 41.0 Å². The summed E-state index contributed by atoms with van der Waals surface area (Å²) in [5.41, 5.74) is 0.766. The third kappa shape index (κ3) is 2.61. The smallest absolute Gasteiger partial charge is 0.186 e. The van der Waals surface area contributed by atoms with Crippen LogP contribution in [0.25, 0.3) is 0 Å². The Balaban J connectivity index is 1.67. The summed E-state index contributed by atoms with van der Waals surface area (Å²) in [6, 6.07) is 0. The highest BCUT2D eigenvalue weighted by atomic mass is 32.1. The Hall–Kier alpha value is -0.940. The summed E-state index contributed by atoms with van der Waals surface area (Å²) < 4.78 is 5.10. The van der Waals surface area contributed by atoms with E-state index < -0.39 is 0 Å². The molecule has 0 aromatic carbocycles. The van der Waals surface area contributed by atoms with Crippen molar-refractivity contribution in [2.75, 3.05) is 25.6 Å². The van der Waals surface area contributed by atoms with Gasteiger partial charge in [0.25, 0.3) is 0 Å². The number of carbonyl (C=O) groups is 1. The number of methoxy groups -OCH3 is 1. The van der Waals surface area contributed by atoms with Gasteiger partial charge in [0.1, 0.15) is 0 Å². The van der Waals surface area contributed by atoms with E-state index in [1.54, 1.807) is 7.11 Å². The number of nitrogens with zero attached hydrogens (tertiary/aromatic N) is 2. The van der Waals surface area contributed by atoms with Crippen LogP contribution in [0.15, 0.2) is 0 Å². The van der Waals surface area contributed by atoms with E-state index in [4.69, 9.17) is 4.74 Å². The van der Waals surface area contributed by atoms with Crippen molar-refractivity contribution in [1.82, 2.24) is 4.98 Å². The minimum atomic E-state index is 0.409. The Bertz CT molecular complexity index is 488. The standard InChI is InChI=1S/C15H22N2O2S/c1-17(7-12-6-10-3-4-11(12)5-10)15-16-13(9-19-2)14(8-18)20-15/h8,10-12H,3-7,9H2,1-2H3. The van der Waals surface area contributed by atoms with Crippen LogP contribution in [-0.4, -0.2) is 32.0 Å². The van der Waals surface area contributed by atoms with E-state index in [0.717, 1.165) is 41.4 Å². The van der Waals surface area contributed by atoms with Crippen LogP contribution >= 0.6 is 11.3 Å². The lowest BCUT2D eigenvalue weighted by Gasteiger charge is -2.26. The summed E-state index contributed by atoms with van der Waals surface area (Å²) in [5, 5.41) is 0.946. The van der Waals surface area contributed by atoms with Gasteiger partial charge in [-0.2, -0.15) is 0 Å². The third-order valence-electron chi connectivity index (χ3n) is 4.82. The number of rotatable bonds is 6. The van der Waals surface area contributed by atoms with Crippen molar-refractivity contribution in [3.63, 3.8) is 0 Å². The second kappa shape index (κ2) is 5.82. The molecule has 3 atom stereocenters. The predicted octanol–water partition coefficient (Wildman–Crippen LogP) is 2.97. The number of aromatic nitrogens is 1. The van der Waals surface area contributed by atoms with Gasteiger partial charge in [-0.3, -0.25) is 4.79 Å². The minimum Gasteiger partial charge on any atom is -0.378 e. The van der Waals surface area contributed by atoms with Crippen LogP contribution in [-0.2, 0) is 11.3 Å². The zero-order chi connectivity index (χ0) is 14.1. The van der Waals surface area contributed by atoms with Crippen molar-refractivity contribution in [1.29, 1.82) is 0 Å². The van der Waals surface area contributed by atoms with Gasteiger partial charge in [-0.05, 0) is 37.0 Å². The fourth-order valence-electron chi connectivity index (χ4n) is 3.88. The molecule has 3 rings (SSSR count). The minimum absolute atomic E-state index is 0.409. The first-order valence-corrected chi connectivity index (χ1v) is 8.17. The topological polar surface area (TPSA) is 42.4 Å². The third-order valence-corrected chi connectivity index (χ3v) is 5.96. The van der Waals surface area contributed by atoms with Crippen LogP contribution in [0, 0.1) is 17.8 Å².